The Labute approximate surface area is 157 Å². The second-order valence-electron chi connectivity index (χ2n) is 7.76. The first-order valence-corrected chi connectivity index (χ1v) is 9.70. The molecule has 3 rings (SSSR count). The van der Waals surface area contributed by atoms with Crippen molar-refractivity contribution in [1.29, 1.82) is 0 Å². The maximum Gasteiger partial charge on any atom is 0.315 e. The Hall–Kier alpha value is -1.01. The second kappa shape index (κ2) is 9.62. The van der Waals surface area contributed by atoms with Gasteiger partial charge in [-0.25, -0.2) is 4.79 Å². The number of amides is 3. The van der Waals surface area contributed by atoms with Crippen LogP contribution in [0.2, 0.25) is 0 Å². The lowest BCUT2D eigenvalue weighted by atomic mass is 9.87. The van der Waals surface area contributed by atoms with Crippen LogP contribution in [0.4, 0.5) is 4.79 Å². The van der Waals surface area contributed by atoms with E-state index in [2.05, 4.69) is 22.9 Å². The van der Waals surface area contributed by atoms with Gasteiger partial charge in [0.2, 0.25) is 5.91 Å². The molecule has 2 saturated heterocycles. The molecule has 1 saturated carbocycles. The molecular formula is C18H33ClN4O2. The van der Waals surface area contributed by atoms with Crippen LogP contribution in [0.3, 0.4) is 0 Å². The number of nitrogens with zero attached hydrogens (tertiary/aromatic N) is 1. The summed E-state index contributed by atoms with van der Waals surface area (Å²) in [7, 11) is 0. The Kier molecular flexibility index (Phi) is 7.81. The predicted molar refractivity (Wildman–Crippen MR) is 101 cm³/mol. The molecular weight excluding hydrogens is 340 g/mol. The monoisotopic (exact) mass is 372 g/mol. The molecule has 0 aromatic heterocycles. The van der Waals surface area contributed by atoms with Gasteiger partial charge in [-0.1, -0.05) is 26.2 Å². The lowest BCUT2D eigenvalue weighted by molar-refractivity contribution is -0.138. The number of carbonyl (C=O) groups excluding carboxylic acids is 2. The number of hydrogen-bond donors (Lipinski definition) is 3. The summed E-state index contributed by atoms with van der Waals surface area (Å²) in [6.07, 6.45) is 7.67. The number of carbonyl (C=O) groups is 2. The van der Waals surface area contributed by atoms with Crippen LogP contribution in [0.1, 0.15) is 51.9 Å². The van der Waals surface area contributed by atoms with Crippen molar-refractivity contribution in [2.75, 3.05) is 26.2 Å². The van der Waals surface area contributed by atoms with Crippen molar-refractivity contribution in [3.63, 3.8) is 0 Å². The largest absolute Gasteiger partial charge is 0.342 e. The van der Waals surface area contributed by atoms with E-state index in [1.807, 2.05) is 4.90 Å². The fourth-order valence-corrected chi connectivity index (χ4v) is 4.06. The van der Waals surface area contributed by atoms with Crippen molar-refractivity contribution < 1.29 is 9.59 Å². The van der Waals surface area contributed by atoms with Crippen LogP contribution in [0.15, 0.2) is 0 Å². The maximum atomic E-state index is 12.5. The molecule has 1 unspecified atom stereocenters. The topological polar surface area (TPSA) is 73.5 Å². The smallest absolute Gasteiger partial charge is 0.315 e. The number of hydrogen-bond acceptors (Lipinski definition) is 3. The summed E-state index contributed by atoms with van der Waals surface area (Å²) >= 11 is 0. The highest BCUT2D eigenvalue weighted by Gasteiger charge is 2.33. The summed E-state index contributed by atoms with van der Waals surface area (Å²) in [5.41, 5.74) is 0. The molecule has 25 heavy (non-hydrogen) atoms. The van der Waals surface area contributed by atoms with Crippen LogP contribution in [0.5, 0.6) is 0 Å². The van der Waals surface area contributed by atoms with Crippen molar-refractivity contribution in [3.8, 4) is 0 Å². The van der Waals surface area contributed by atoms with Gasteiger partial charge in [0.25, 0.3) is 0 Å². The number of likely N-dealkylation sites (tertiary alicyclic amines) is 1. The van der Waals surface area contributed by atoms with E-state index in [1.165, 1.54) is 19.3 Å². The third-order valence-electron chi connectivity index (χ3n) is 5.99. The Morgan fingerprint density at radius 2 is 1.52 bits per heavy atom. The summed E-state index contributed by atoms with van der Waals surface area (Å²) in [6, 6.07) is 0.510. The minimum atomic E-state index is -0.0272. The third-order valence-corrected chi connectivity index (χ3v) is 5.99. The lowest BCUT2D eigenvalue weighted by Crippen LogP contribution is -2.54. The highest BCUT2D eigenvalue weighted by Crippen LogP contribution is 2.21. The summed E-state index contributed by atoms with van der Waals surface area (Å²) in [5, 5.41) is 9.45. The van der Waals surface area contributed by atoms with Gasteiger partial charge in [0, 0.05) is 31.1 Å². The number of urea groups is 1. The van der Waals surface area contributed by atoms with Gasteiger partial charge in [0.05, 0.1) is 0 Å². The molecule has 3 amide bonds. The molecule has 1 atom stereocenters. The molecule has 0 aromatic rings. The molecule has 3 fully saturated rings. The number of rotatable bonds is 4. The van der Waals surface area contributed by atoms with Crippen LogP contribution in [0.25, 0.3) is 0 Å². The van der Waals surface area contributed by atoms with Gasteiger partial charge in [-0.2, -0.15) is 0 Å². The van der Waals surface area contributed by atoms with Crippen LogP contribution < -0.4 is 16.0 Å². The van der Waals surface area contributed by atoms with Gasteiger partial charge in [0.15, 0.2) is 0 Å². The first-order chi connectivity index (χ1) is 11.6. The normalized spacial score (nSPS) is 24.0. The Balaban J connectivity index is 0.00000225. The first-order valence-electron chi connectivity index (χ1n) is 9.70. The molecule has 2 aliphatic heterocycles. The Morgan fingerprint density at radius 3 is 2.04 bits per heavy atom. The van der Waals surface area contributed by atoms with Gasteiger partial charge in [0.1, 0.15) is 0 Å². The predicted octanol–water partition coefficient (Wildman–Crippen LogP) is 1.89. The van der Waals surface area contributed by atoms with E-state index in [9.17, 15) is 9.59 Å². The van der Waals surface area contributed by atoms with Crippen molar-refractivity contribution in [2.24, 2.45) is 11.8 Å². The number of halogens is 1. The summed E-state index contributed by atoms with van der Waals surface area (Å²) in [4.78, 5) is 26.6. The molecule has 0 aromatic carbocycles. The van der Waals surface area contributed by atoms with Gasteiger partial charge in [-0.3, -0.25) is 4.79 Å². The fraction of sp³-hybridized carbons (Fsp3) is 0.889. The third kappa shape index (κ3) is 5.48. The molecule has 7 heteroatoms. The number of piperidine rings is 1. The molecule has 144 valence electrons. The first kappa shape index (κ1) is 20.3. The van der Waals surface area contributed by atoms with Crippen LogP contribution in [-0.4, -0.2) is 55.1 Å². The average molecular weight is 373 g/mol. The van der Waals surface area contributed by atoms with Crippen molar-refractivity contribution >= 4 is 24.3 Å². The SMILES string of the molecule is CC(C(=O)N1CCC(NC(=O)NC2CCCCC2)CC1)C1CNC1.Cl. The van der Waals surface area contributed by atoms with E-state index in [1.54, 1.807) is 0 Å². The summed E-state index contributed by atoms with van der Waals surface area (Å²) < 4.78 is 0. The van der Waals surface area contributed by atoms with E-state index in [0.29, 0.717) is 12.0 Å². The minimum Gasteiger partial charge on any atom is -0.342 e. The maximum absolute atomic E-state index is 12.5. The zero-order valence-corrected chi connectivity index (χ0v) is 16.1. The molecule has 3 aliphatic rings. The van der Waals surface area contributed by atoms with Crippen molar-refractivity contribution in [1.82, 2.24) is 20.9 Å². The van der Waals surface area contributed by atoms with Gasteiger partial charge < -0.3 is 20.9 Å². The fourth-order valence-electron chi connectivity index (χ4n) is 4.06. The van der Waals surface area contributed by atoms with Gasteiger partial charge >= 0.3 is 6.03 Å². The summed E-state index contributed by atoms with van der Waals surface area (Å²) in [6.45, 7) is 5.50. The van der Waals surface area contributed by atoms with E-state index in [4.69, 9.17) is 0 Å². The highest BCUT2D eigenvalue weighted by molar-refractivity contribution is 5.85. The van der Waals surface area contributed by atoms with Crippen LogP contribution in [0, 0.1) is 11.8 Å². The Morgan fingerprint density at radius 1 is 0.960 bits per heavy atom. The van der Waals surface area contributed by atoms with Crippen LogP contribution >= 0.6 is 12.4 Å². The second-order valence-corrected chi connectivity index (χ2v) is 7.76. The quantitative estimate of drug-likeness (QED) is 0.705. The highest BCUT2D eigenvalue weighted by atomic mass is 35.5. The van der Waals surface area contributed by atoms with E-state index in [-0.39, 0.29) is 36.3 Å². The standard InChI is InChI=1S/C18H32N4O2.ClH/c1-13(14-11-19-12-14)17(23)22-9-7-16(8-10-22)21-18(24)20-15-5-3-2-4-6-15;/h13-16,19H,2-12H2,1H3,(H2,20,21,24);1H. The summed E-state index contributed by atoms with van der Waals surface area (Å²) in [5.74, 6) is 0.895. The molecule has 3 N–H and O–H groups in total. The van der Waals surface area contributed by atoms with E-state index >= 15 is 0 Å². The molecule has 0 radical (unpaired) electrons. The van der Waals surface area contributed by atoms with E-state index < -0.39 is 0 Å². The molecule has 0 bridgehead atoms. The molecule has 0 spiro atoms. The van der Waals surface area contributed by atoms with Crippen molar-refractivity contribution in [2.45, 2.75) is 64.0 Å². The van der Waals surface area contributed by atoms with Crippen LogP contribution in [-0.2, 0) is 4.79 Å². The van der Waals surface area contributed by atoms with Gasteiger partial charge in [-0.05, 0) is 44.7 Å². The molecule has 1 aliphatic carbocycles. The minimum absolute atomic E-state index is 0. The van der Waals surface area contributed by atoms with E-state index in [0.717, 1.165) is 51.9 Å². The average Bonchev–Trinajstić information content (AvgIpc) is 2.54. The van der Waals surface area contributed by atoms with Crippen molar-refractivity contribution in [3.05, 3.63) is 0 Å². The Bertz CT molecular complexity index is 444. The zero-order chi connectivity index (χ0) is 16.9. The zero-order valence-electron chi connectivity index (χ0n) is 15.3. The molecule has 2 heterocycles. The van der Waals surface area contributed by atoms with Gasteiger partial charge in [-0.15, -0.1) is 12.4 Å². The lowest BCUT2D eigenvalue weighted by Gasteiger charge is -2.38. The molecule has 6 nitrogen and oxygen atoms in total. The number of nitrogens with one attached hydrogen (secondary N) is 3.